The molecular weight excluding hydrogens is 346 g/mol. The van der Waals surface area contributed by atoms with Gasteiger partial charge in [0.15, 0.2) is 0 Å². The number of piperidine rings is 1. The standard InChI is InChI=1S/C21H20ClN3O/c1-14-8-11-25(12-9-14)21(26)16-13-19(18-7-2-3-10-23-18)24-20-15(16)5-4-6-17(20)22/h2-7,10,13-14H,8-9,11-12H2,1H3. The first-order chi connectivity index (χ1) is 12.6. The first-order valence-electron chi connectivity index (χ1n) is 8.93. The lowest BCUT2D eigenvalue weighted by Gasteiger charge is -2.30. The van der Waals surface area contributed by atoms with Crippen molar-refractivity contribution in [1.82, 2.24) is 14.9 Å². The van der Waals surface area contributed by atoms with E-state index in [9.17, 15) is 4.79 Å². The number of amides is 1. The number of carbonyl (C=O) groups excluding carboxylic acids is 1. The Morgan fingerprint density at radius 1 is 1.12 bits per heavy atom. The van der Waals surface area contributed by atoms with E-state index in [1.807, 2.05) is 41.3 Å². The SMILES string of the molecule is CC1CCN(C(=O)c2cc(-c3ccccn3)nc3c(Cl)cccc23)CC1. The van der Waals surface area contributed by atoms with E-state index in [0.29, 0.717) is 27.7 Å². The zero-order valence-corrected chi connectivity index (χ0v) is 15.4. The summed E-state index contributed by atoms with van der Waals surface area (Å²) < 4.78 is 0. The molecule has 1 saturated heterocycles. The molecule has 3 aromatic rings. The number of likely N-dealkylation sites (tertiary alicyclic amines) is 1. The summed E-state index contributed by atoms with van der Waals surface area (Å²) >= 11 is 6.39. The number of fused-ring (bicyclic) bond motifs is 1. The first-order valence-corrected chi connectivity index (χ1v) is 9.31. The molecule has 1 amide bonds. The van der Waals surface area contributed by atoms with Crippen LogP contribution in [0.15, 0.2) is 48.7 Å². The number of hydrogen-bond acceptors (Lipinski definition) is 3. The molecule has 0 bridgehead atoms. The summed E-state index contributed by atoms with van der Waals surface area (Å²) in [6.07, 6.45) is 3.81. The van der Waals surface area contributed by atoms with E-state index in [4.69, 9.17) is 11.6 Å². The van der Waals surface area contributed by atoms with E-state index in [-0.39, 0.29) is 5.91 Å². The number of hydrogen-bond donors (Lipinski definition) is 0. The zero-order valence-electron chi connectivity index (χ0n) is 14.7. The maximum absolute atomic E-state index is 13.2. The maximum Gasteiger partial charge on any atom is 0.254 e. The Hall–Kier alpha value is -2.46. The molecule has 1 aliphatic rings. The molecule has 0 N–H and O–H groups in total. The zero-order chi connectivity index (χ0) is 18.1. The van der Waals surface area contributed by atoms with E-state index < -0.39 is 0 Å². The number of carbonyl (C=O) groups is 1. The van der Waals surface area contributed by atoms with E-state index in [2.05, 4.69) is 16.9 Å². The van der Waals surface area contributed by atoms with Crippen LogP contribution in [0.4, 0.5) is 0 Å². The number of pyridine rings is 2. The molecule has 3 heterocycles. The highest BCUT2D eigenvalue weighted by atomic mass is 35.5. The minimum absolute atomic E-state index is 0.0451. The Morgan fingerprint density at radius 2 is 1.92 bits per heavy atom. The van der Waals surface area contributed by atoms with Crippen LogP contribution in [0.1, 0.15) is 30.1 Å². The molecule has 0 radical (unpaired) electrons. The van der Waals surface area contributed by atoms with Gasteiger partial charge in [-0.25, -0.2) is 4.98 Å². The minimum atomic E-state index is 0.0451. The fourth-order valence-corrected chi connectivity index (χ4v) is 3.63. The first kappa shape index (κ1) is 17.0. The van der Waals surface area contributed by atoms with Crippen LogP contribution in [-0.4, -0.2) is 33.9 Å². The molecule has 0 spiro atoms. The third kappa shape index (κ3) is 3.17. The van der Waals surface area contributed by atoms with Gasteiger partial charge >= 0.3 is 0 Å². The highest BCUT2D eigenvalue weighted by molar-refractivity contribution is 6.35. The molecule has 1 aliphatic heterocycles. The van der Waals surface area contributed by atoms with E-state index >= 15 is 0 Å². The molecule has 1 aromatic carbocycles. The Labute approximate surface area is 157 Å². The predicted molar refractivity (Wildman–Crippen MR) is 104 cm³/mol. The van der Waals surface area contributed by atoms with Crippen LogP contribution in [-0.2, 0) is 0 Å². The van der Waals surface area contributed by atoms with Crippen LogP contribution in [0.5, 0.6) is 0 Å². The van der Waals surface area contributed by atoms with Gasteiger partial charge in [-0.2, -0.15) is 0 Å². The van der Waals surface area contributed by atoms with Gasteiger partial charge in [-0.05, 0) is 43.0 Å². The molecule has 132 valence electrons. The second-order valence-electron chi connectivity index (χ2n) is 6.88. The molecule has 0 aliphatic carbocycles. The minimum Gasteiger partial charge on any atom is -0.339 e. The van der Waals surface area contributed by atoms with Crippen molar-refractivity contribution < 1.29 is 4.79 Å². The summed E-state index contributed by atoms with van der Waals surface area (Å²) in [5, 5.41) is 1.34. The van der Waals surface area contributed by atoms with Gasteiger partial charge in [-0.1, -0.05) is 36.7 Å². The fourth-order valence-electron chi connectivity index (χ4n) is 3.42. The quantitative estimate of drug-likeness (QED) is 0.653. The second-order valence-corrected chi connectivity index (χ2v) is 7.29. The van der Waals surface area contributed by atoms with Gasteiger partial charge in [0.2, 0.25) is 0 Å². The Kier molecular flexibility index (Phi) is 4.60. The Morgan fingerprint density at radius 3 is 2.65 bits per heavy atom. The average Bonchev–Trinajstić information content (AvgIpc) is 2.68. The topological polar surface area (TPSA) is 46.1 Å². The molecule has 2 aromatic heterocycles. The summed E-state index contributed by atoms with van der Waals surface area (Å²) in [6, 6.07) is 13.1. The molecule has 1 fully saturated rings. The third-order valence-electron chi connectivity index (χ3n) is 5.02. The lowest BCUT2D eigenvalue weighted by atomic mass is 9.97. The number of aromatic nitrogens is 2. The summed E-state index contributed by atoms with van der Waals surface area (Å²) in [5.41, 5.74) is 2.69. The normalized spacial score (nSPS) is 15.4. The number of halogens is 1. The third-order valence-corrected chi connectivity index (χ3v) is 5.32. The van der Waals surface area contributed by atoms with Gasteiger partial charge in [0.25, 0.3) is 5.91 Å². The van der Waals surface area contributed by atoms with Crippen molar-refractivity contribution in [2.24, 2.45) is 5.92 Å². The molecule has 0 atom stereocenters. The monoisotopic (exact) mass is 365 g/mol. The maximum atomic E-state index is 13.2. The van der Waals surface area contributed by atoms with Crippen LogP contribution < -0.4 is 0 Å². The number of nitrogens with zero attached hydrogens (tertiary/aromatic N) is 3. The van der Waals surface area contributed by atoms with Crippen molar-refractivity contribution in [2.75, 3.05) is 13.1 Å². The van der Waals surface area contributed by atoms with Crippen LogP contribution in [0.25, 0.3) is 22.3 Å². The highest BCUT2D eigenvalue weighted by Gasteiger charge is 2.24. The van der Waals surface area contributed by atoms with Gasteiger partial charge in [0.1, 0.15) is 0 Å². The van der Waals surface area contributed by atoms with Crippen molar-refractivity contribution in [3.05, 3.63) is 59.2 Å². The molecule has 0 saturated carbocycles. The summed E-state index contributed by atoms with van der Waals surface area (Å²) in [7, 11) is 0. The number of rotatable bonds is 2. The second kappa shape index (κ2) is 7.04. The van der Waals surface area contributed by atoms with E-state index in [1.54, 1.807) is 12.3 Å². The molecule has 26 heavy (non-hydrogen) atoms. The lowest BCUT2D eigenvalue weighted by Crippen LogP contribution is -2.38. The van der Waals surface area contributed by atoms with E-state index in [1.165, 1.54) is 0 Å². The van der Waals surface area contributed by atoms with Gasteiger partial charge < -0.3 is 4.90 Å². The highest BCUT2D eigenvalue weighted by Crippen LogP contribution is 2.30. The van der Waals surface area contributed by atoms with Crippen LogP contribution in [0.2, 0.25) is 5.02 Å². The molecule has 4 rings (SSSR count). The lowest BCUT2D eigenvalue weighted by molar-refractivity contribution is 0.0699. The van der Waals surface area contributed by atoms with E-state index in [0.717, 1.165) is 37.0 Å². The van der Waals surface area contributed by atoms with Crippen molar-refractivity contribution in [2.45, 2.75) is 19.8 Å². The van der Waals surface area contributed by atoms with Crippen LogP contribution >= 0.6 is 11.6 Å². The predicted octanol–water partition coefficient (Wildman–Crippen LogP) is 4.82. The van der Waals surface area contributed by atoms with Gasteiger partial charge in [0.05, 0.1) is 27.5 Å². The van der Waals surface area contributed by atoms with Crippen molar-refractivity contribution in [1.29, 1.82) is 0 Å². The summed E-state index contributed by atoms with van der Waals surface area (Å²) in [4.78, 5) is 24.3. The summed E-state index contributed by atoms with van der Waals surface area (Å²) in [6.45, 7) is 3.83. The number of para-hydroxylation sites is 1. The molecule has 4 nitrogen and oxygen atoms in total. The Balaban J connectivity index is 1.84. The summed E-state index contributed by atoms with van der Waals surface area (Å²) in [5.74, 6) is 0.718. The molecule has 5 heteroatoms. The van der Waals surface area contributed by atoms with Crippen molar-refractivity contribution in [3.8, 4) is 11.4 Å². The largest absolute Gasteiger partial charge is 0.339 e. The fraction of sp³-hybridized carbons (Fsp3) is 0.286. The Bertz CT molecular complexity index is 950. The number of benzene rings is 1. The van der Waals surface area contributed by atoms with Crippen molar-refractivity contribution >= 4 is 28.4 Å². The van der Waals surface area contributed by atoms with Gasteiger partial charge in [0, 0.05) is 24.7 Å². The smallest absolute Gasteiger partial charge is 0.254 e. The van der Waals surface area contributed by atoms with Crippen LogP contribution in [0, 0.1) is 5.92 Å². The molecule has 0 unspecified atom stereocenters. The molecular formula is C21H20ClN3O. The van der Waals surface area contributed by atoms with Gasteiger partial charge in [-0.3, -0.25) is 9.78 Å². The van der Waals surface area contributed by atoms with Crippen LogP contribution in [0.3, 0.4) is 0 Å². The van der Waals surface area contributed by atoms with Crippen molar-refractivity contribution in [3.63, 3.8) is 0 Å². The van der Waals surface area contributed by atoms with Gasteiger partial charge in [-0.15, -0.1) is 0 Å². The average molecular weight is 366 g/mol.